The molecule has 2 N–H and O–H groups in total. The van der Waals surface area contributed by atoms with Crippen molar-refractivity contribution in [2.24, 2.45) is 11.7 Å². The fourth-order valence-corrected chi connectivity index (χ4v) is 4.66. The van der Waals surface area contributed by atoms with Crippen LogP contribution in [0.1, 0.15) is 37.3 Å². The van der Waals surface area contributed by atoms with Crippen LogP contribution in [0.25, 0.3) is 11.1 Å². The van der Waals surface area contributed by atoms with Crippen molar-refractivity contribution in [2.75, 3.05) is 6.61 Å². The van der Waals surface area contributed by atoms with Crippen LogP contribution in [0.3, 0.4) is 0 Å². The first-order valence-electron chi connectivity index (χ1n) is 8.79. The quantitative estimate of drug-likeness (QED) is 0.859. The number of benzene rings is 2. The molecule has 2 aromatic rings. The van der Waals surface area contributed by atoms with Crippen molar-refractivity contribution in [3.05, 3.63) is 59.7 Å². The second-order valence-electron chi connectivity index (χ2n) is 6.94. The molecular formula is C21H23NO2. The van der Waals surface area contributed by atoms with Gasteiger partial charge in [-0.1, -0.05) is 48.5 Å². The van der Waals surface area contributed by atoms with Crippen LogP contribution in [-0.2, 0) is 14.9 Å². The maximum atomic E-state index is 12.5. The van der Waals surface area contributed by atoms with E-state index in [0.717, 1.165) is 19.3 Å². The zero-order valence-corrected chi connectivity index (χ0v) is 14.0. The molecule has 3 nitrogen and oxygen atoms in total. The fourth-order valence-electron chi connectivity index (χ4n) is 4.66. The number of carbonyl (C=O) groups excluding carboxylic acids is 1. The molecule has 124 valence electrons. The molecule has 0 unspecified atom stereocenters. The maximum Gasteiger partial charge on any atom is 0.310 e. The van der Waals surface area contributed by atoms with E-state index in [0.29, 0.717) is 6.61 Å². The summed E-state index contributed by atoms with van der Waals surface area (Å²) in [6.07, 6.45) is 2.56. The van der Waals surface area contributed by atoms with E-state index in [1.165, 1.54) is 22.3 Å². The van der Waals surface area contributed by atoms with Crippen LogP contribution in [0.2, 0.25) is 0 Å². The number of hydrogen-bond acceptors (Lipinski definition) is 3. The van der Waals surface area contributed by atoms with Crippen LogP contribution < -0.4 is 5.73 Å². The molecule has 2 aliphatic rings. The molecule has 2 atom stereocenters. The summed E-state index contributed by atoms with van der Waals surface area (Å²) in [5, 5.41) is 0. The van der Waals surface area contributed by atoms with Crippen molar-refractivity contribution in [1.29, 1.82) is 0 Å². The van der Waals surface area contributed by atoms with Gasteiger partial charge in [-0.2, -0.15) is 0 Å². The van der Waals surface area contributed by atoms with Crippen LogP contribution in [0.4, 0.5) is 0 Å². The number of fused-ring (bicyclic) bond motifs is 5. The van der Waals surface area contributed by atoms with Gasteiger partial charge in [-0.3, -0.25) is 4.79 Å². The monoisotopic (exact) mass is 321 g/mol. The third-order valence-electron chi connectivity index (χ3n) is 5.75. The Morgan fingerprint density at radius 1 is 1.12 bits per heavy atom. The first kappa shape index (κ1) is 15.4. The molecular weight excluding hydrogens is 298 g/mol. The van der Waals surface area contributed by atoms with E-state index in [2.05, 4.69) is 48.5 Å². The highest BCUT2D eigenvalue weighted by atomic mass is 16.5. The van der Waals surface area contributed by atoms with Gasteiger partial charge in [0.15, 0.2) is 0 Å². The lowest BCUT2D eigenvalue weighted by molar-refractivity contribution is -0.150. The van der Waals surface area contributed by atoms with Gasteiger partial charge >= 0.3 is 5.97 Å². The molecule has 3 heteroatoms. The molecule has 1 saturated carbocycles. The van der Waals surface area contributed by atoms with E-state index >= 15 is 0 Å². The Morgan fingerprint density at radius 3 is 2.29 bits per heavy atom. The van der Waals surface area contributed by atoms with Crippen molar-refractivity contribution in [1.82, 2.24) is 0 Å². The van der Waals surface area contributed by atoms with Crippen molar-refractivity contribution in [3.63, 3.8) is 0 Å². The highest BCUT2D eigenvalue weighted by Gasteiger charge is 2.49. The third-order valence-corrected chi connectivity index (χ3v) is 5.75. The van der Waals surface area contributed by atoms with Crippen LogP contribution >= 0.6 is 0 Å². The van der Waals surface area contributed by atoms with Crippen LogP contribution in [-0.4, -0.2) is 18.6 Å². The largest absolute Gasteiger partial charge is 0.466 e. The minimum atomic E-state index is -0.238. The van der Waals surface area contributed by atoms with E-state index in [1.807, 2.05) is 6.92 Å². The summed E-state index contributed by atoms with van der Waals surface area (Å²) in [5.74, 6) is -0.385. The Labute approximate surface area is 142 Å². The Hall–Kier alpha value is -2.13. The lowest BCUT2D eigenvalue weighted by atomic mass is 9.63. The lowest BCUT2D eigenvalue weighted by Gasteiger charge is -2.42. The molecule has 0 aromatic heterocycles. The van der Waals surface area contributed by atoms with Gasteiger partial charge in [-0.15, -0.1) is 0 Å². The average molecular weight is 321 g/mol. The minimum Gasteiger partial charge on any atom is -0.466 e. The number of ether oxygens (including phenoxy) is 1. The van der Waals surface area contributed by atoms with Gasteiger partial charge in [-0.05, 0) is 48.4 Å². The van der Waals surface area contributed by atoms with Crippen LogP contribution in [0, 0.1) is 5.92 Å². The van der Waals surface area contributed by atoms with Gasteiger partial charge in [0.25, 0.3) is 0 Å². The van der Waals surface area contributed by atoms with Gasteiger partial charge < -0.3 is 10.5 Å². The highest BCUT2D eigenvalue weighted by Crippen LogP contribution is 2.56. The number of hydrogen-bond donors (Lipinski definition) is 1. The summed E-state index contributed by atoms with van der Waals surface area (Å²) in [4.78, 5) is 12.5. The van der Waals surface area contributed by atoms with Gasteiger partial charge in [0.1, 0.15) is 0 Å². The Morgan fingerprint density at radius 2 is 1.71 bits per heavy atom. The van der Waals surface area contributed by atoms with E-state index in [4.69, 9.17) is 10.5 Å². The summed E-state index contributed by atoms with van der Waals surface area (Å²) in [5.41, 5.74) is 11.5. The summed E-state index contributed by atoms with van der Waals surface area (Å²) in [6, 6.07) is 17.1. The van der Waals surface area contributed by atoms with Gasteiger partial charge in [0.05, 0.1) is 12.5 Å². The zero-order valence-electron chi connectivity index (χ0n) is 14.0. The predicted molar refractivity (Wildman–Crippen MR) is 94.6 cm³/mol. The Kier molecular flexibility index (Phi) is 3.69. The number of esters is 1. The SMILES string of the molecule is CCOC(=O)[C@@H]1CC2(CC[C@H]1N)c1ccccc1-c1ccccc12. The normalized spacial score (nSPS) is 23.6. The van der Waals surface area contributed by atoms with Crippen molar-refractivity contribution < 1.29 is 9.53 Å². The standard InChI is InChI=1S/C21H23NO2/c1-2-24-20(23)16-13-21(12-11-19(16)22)17-9-5-3-7-14(17)15-8-4-6-10-18(15)21/h3-10,16,19H,2,11-13,22H2,1H3/t16-,19-/m1/s1. The van der Waals surface area contributed by atoms with Crippen molar-refractivity contribution >= 4 is 5.97 Å². The second kappa shape index (κ2) is 5.75. The topological polar surface area (TPSA) is 52.3 Å². The molecule has 4 rings (SSSR count). The van der Waals surface area contributed by atoms with Gasteiger partial charge in [0.2, 0.25) is 0 Å². The highest BCUT2D eigenvalue weighted by molar-refractivity contribution is 5.82. The molecule has 0 aliphatic heterocycles. The third kappa shape index (κ3) is 2.11. The summed E-state index contributed by atoms with van der Waals surface area (Å²) in [7, 11) is 0. The first-order valence-corrected chi connectivity index (χ1v) is 8.79. The molecule has 0 heterocycles. The van der Waals surface area contributed by atoms with E-state index < -0.39 is 0 Å². The van der Waals surface area contributed by atoms with E-state index in [1.54, 1.807) is 0 Å². The number of nitrogens with two attached hydrogens (primary N) is 1. The Bertz CT molecular complexity index is 737. The molecule has 1 fully saturated rings. The summed E-state index contributed by atoms with van der Waals surface area (Å²) >= 11 is 0. The van der Waals surface area contributed by atoms with Crippen molar-refractivity contribution in [3.8, 4) is 11.1 Å². The van der Waals surface area contributed by atoms with E-state index in [9.17, 15) is 4.79 Å². The van der Waals surface area contributed by atoms with Crippen LogP contribution in [0.5, 0.6) is 0 Å². The van der Waals surface area contributed by atoms with Crippen molar-refractivity contribution in [2.45, 2.75) is 37.6 Å². The molecule has 2 aliphatic carbocycles. The smallest absolute Gasteiger partial charge is 0.310 e. The van der Waals surface area contributed by atoms with E-state index in [-0.39, 0.29) is 23.3 Å². The second-order valence-corrected chi connectivity index (χ2v) is 6.94. The average Bonchev–Trinajstić information content (AvgIpc) is 2.88. The molecule has 2 aromatic carbocycles. The Balaban J connectivity index is 1.83. The van der Waals surface area contributed by atoms with Crippen LogP contribution in [0.15, 0.2) is 48.5 Å². The summed E-state index contributed by atoms with van der Waals surface area (Å²) < 4.78 is 5.31. The number of rotatable bonds is 2. The lowest BCUT2D eigenvalue weighted by Crippen LogP contribution is -2.47. The number of carbonyl (C=O) groups is 1. The minimum absolute atomic E-state index is 0.111. The molecule has 24 heavy (non-hydrogen) atoms. The van der Waals surface area contributed by atoms with Gasteiger partial charge in [0, 0.05) is 11.5 Å². The maximum absolute atomic E-state index is 12.5. The first-order chi connectivity index (χ1) is 11.7. The molecule has 0 amide bonds. The summed E-state index contributed by atoms with van der Waals surface area (Å²) in [6.45, 7) is 2.25. The molecule has 1 spiro atoms. The fraction of sp³-hybridized carbons (Fsp3) is 0.381. The molecule has 0 radical (unpaired) electrons. The molecule has 0 bridgehead atoms. The molecule has 0 saturated heterocycles. The van der Waals surface area contributed by atoms with Gasteiger partial charge in [-0.25, -0.2) is 0 Å². The predicted octanol–water partition coefficient (Wildman–Crippen LogP) is 3.64. The zero-order chi connectivity index (χ0) is 16.7.